The van der Waals surface area contributed by atoms with Gasteiger partial charge in [-0.25, -0.2) is 0 Å². The largest absolute Gasteiger partial charge is 0.396 e. The molecule has 2 heteroatoms. The van der Waals surface area contributed by atoms with Gasteiger partial charge < -0.3 is 10.2 Å². The summed E-state index contributed by atoms with van der Waals surface area (Å²) >= 11 is 0. The third kappa shape index (κ3) is 7.03. The van der Waals surface area contributed by atoms with Crippen molar-refractivity contribution in [2.75, 3.05) is 6.61 Å². The summed E-state index contributed by atoms with van der Waals surface area (Å²) in [6.45, 7) is 4.44. The van der Waals surface area contributed by atoms with Gasteiger partial charge in [0.2, 0.25) is 0 Å². The van der Waals surface area contributed by atoms with Gasteiger partial charge in [0.15, 0.2) is 0 Å². The van der Waals surface area contributed by atoms with Crippen molar-refractivity contribution in [3.8, 4) is 0 Å². The van der Waals surface area contributed by atoms with Crippen LogP contribution in [0.25, 0.3) is 0 Å². The van der Waals surface area contributed by atoms with Gasteiger partial charge in [0, 0.05) is 6.61 Å². The molecule has 80 valence electrons. The first-order valence-corrected chi connectivity index (χ1v) is 5.51. The summed E-state index contributed by atoms with van der Waals surface area (Å²) in [4.78, 5) is 0. The van der Waals surface area contributed by atoms with Crippen LogP contribution in [0.5, 0.6) is 0 Å². The highest BCUT2D eigenvalue weighted by Crippen LogP contribution is 2.15. The van der Waals surface area contributed by atoms with E-state index in [-0.39, 0.29) is 6.10 Å². The Kier molecular flexibility index (Phi) is 8.46. The number of hydrogen-bond acceptors (Lipinski definition) is 2. The van der Waals surface area contributed by atoms with Crippen molar-refractivity contribution in [1.29, 1.82) is 0 Å². The molecule has 0 amide bonds. The zero-order valence-electron chi connectivity index (χ0n) is 9.00. The minimum Gasteiger partial charge on any atom is -0.396 e. The molecule has 0 spiro atoms. The quantitative estimate of drug-likeness (QED) is 0.574. The van der Waals surface area contributed by atoms with Crippen LogP contribution >= 0.6 is 0 Å². The lowest BCUT2D eigenvalue weighted by Gasteiger charge is -2.16. The fourth-order valence-electron chi connectivity index (χ4n) is 1.53. The Morgan fingerprint density at radius 2 is 1.69 bits per heavy atom. The zero-order valence-corrected chi connectivity index (χ0v) is 9.00. The van der Waals surface area contributed by atoms with Crippen LogP contribution in [-0.4, -0.2) is 22.9 Å². The molecule has 0 aromatic carbocycles. The Morgan fingerprint density at radius 3 is 2.23 bits per heavy atom. The van der Waals surface area contributed by atoms with Crippen LogP contribution in [0.4, 0.5) is 0 Å². The van der Waals surface area contributed by atoms with E-state index in [0.29, 0.717) is 12.5 Å². The molecule has 2 nitrogen and oxygen atoms in total. The van der Waals surface area contributed by atoms with E-state index in [1.807, 2.05) is 6.92 Å². The molecule has 0 saturated heterocycles. The third-order valence-corrected chi connectivity index (χ3v) is 2.64. The van der Waals surface area contributed by atoms with Gasteiger partial charge in [-0.1, -0.05) is 33.1 Å². The van der Waals surface area contributed by atoms with Gasteiger partial charge in [0.1, 0.15) is 0 Å². The van der Waals surface area contributed by atoms with Crippen molar-refractivity contribution >= 4 is 0 Å². The average molecular weight is 188 g/mol. The number of aliphatic hydroxyl groups is 2. The number of rotatable bonds is 8. The van der Waals surface area contributed by atoms with Crippen molar-refractivity contribution in [3.63, 3.8) is 0 Å². The molecule has 0 fully saturated rings. The lowest BCUT2D eigenvalue weighted by Crippen LogP contribution is -2.15. The van der Waals surface area contributed by atoms with E-state index in [0.717, 1.165) is 25.7 Å². The SMILES string of the molecule is CCC(O)C(C)CCCCCCO. The number of aliphatic hydroxyl groups excluding tert-OH is 2. The second-order valence-corrected chi connectivity index (χ2v) is 3.88. The normalized spacial score (nSPS) is 15.7. The summed E-state index contributed by atoms with van der Waals surface area (Å²) in [7, 11) is 0. The number of hydrogen-bond donors (Lipinski definition) is 2. The van der Waals surface area contributed by atoms with E-state index in [1.54, 1.807) is 0 Å². The Labute approximate surface area is 82.0 Å². The van der Waals surface area contributed by atoms with Crippen LogP contribution in [0, 0.1) is 5.92 Å². The maximum absolute atomic E-state index is 9.49. The highest BCUT2D eigenvalue weighted by atomic mass is 16.3. The van der Waals surface area contributed by atoms with Crippen LogP contribution in [0.1, 0.15) is 52.4 Å². The van der Waals surface area contributed by atoms with Gasteiger partial charge in [0.25, 0.3) is 0 Å². The Morgan fingerprint density at radius 1 is 1.08 bits per heavy atom. The van der Waals surface area contributed by atoms with Gasteiger partial charge in [-0.2, -0.15) is 0 Å². The van der Waals surface area contributed by atoms with Crippen molar-refractivity contribution in [1.82, 2.24) is 0 Å². The third-order valence-electron chi connectivity index (χ3n) is 2.64. The molecule has 0 aromatic heterocycles. The Bertz CT molecular complexity index is 104. The van der Waals surface area contributed by atoms with Gasteiger partial charge in [-0.3, -0.25) is 0 Å². The molecule has 0 aliphatic carbocycles. The molecule has 2 N–H and O–H groups in total. The maximum atomic E-state index is 9.49. The van der Waals surface area contributed by atoms with E-state index in [9.17, 15) is 5.11 Å². The zero-order chi connectivity index (χ0) is 10.1. The highest BCUT2D eigenvalue weighted by molar-refractivity contribution is 4.62. The molecule has 0 aromatic rings. The lowest BCUT2D eigenvalue weighted by molar-refractivity contribution is 0.106. The predicted molar refractivity (Wildman–Crippen MR) is 55.6 cm³/mol. The minimum atomic E-state index is -0.127. The molecule has 13 heavy (non-hydrogen) atoms. The molecule has 2 unspecified atom stereocenters. The van der Waals surface area contributed by atoms with Crippen molar-refractivity contribution < 1.29 is 10.2 Å². The Hall–Kier alpha value is -0.0800. The standard InChI is InChI=1S/C11H24O2/c1-3-11(13)10(2)8-6-4-5-7-9-12/h10-13H,3-9H2,1-2H3. The van der Waals surface area contributed by atoms with Crippen molar-refractivity contribution in [2.24, 2.45) is 5.92 Å². The monoisotopic (exact) mass is 188 g/mol. The number of unbranched alkanes of at least 4 members (excludes halogenated alkanes) is 3. The van der Waals surface area contributed by atoms with Crippen LogP contribution < -0.4 is 0 Å². The van der Waals surface area contributed by atoms with Crippen molar-refractivity contribution in [3.05, 3.63) is 0 Å². The van der Waals surface area contributed by atoms with Crippen LogP contribution in [0.2, 0.25) is 0 Å². The molecule has 0 radical (unpaired) electrons. The first-order chi connectivity index (χ1) is 6.22. The van der Waals surface area contributed by atoms with E-state index in [2.05, 4.69) is 6.92 Å². The van der Waals surface area contributed by atoms with Gasteiger partial charge >= 0.3 is 0 Å². The van der Waals surface area contributed by atoms with E-state index < -0.39 is 0 Å². The first kappa shape index (κ1) is 12.9. The predicted octanol–water partition coefficient (Wildman–Crippen LogP) is 2.34. The fourth-order valence-corrected chi connectivity index (χ4v) is 1.53. The molecule has 0 aliphatic heterocycles. The van der Waals surface area contributed by atoms with Crippen LogP contribution in [0.3, 0.4) is 0 Å². The molecule has 0 rings (SSSR count). The van der Waals surface area contributed by atoms with E-state index >= 15 is 0 Å². The Balaban J connectivity index is 3.21. The molecule has 0 aliphatic rings. The van der Waals surface area contributed by atoms with Crippen LogP contribution in [-0.2, 0) is 0 Å². The minimum absolute atomic E-state index is 0.127. The average Bonchev–Trinajstić information content (AvgIpc) is 2.16. The summed E-state index contributed by atoms with van der Waals surface area (Å²) in [5.41, 5.74) is 0. The second-order valence-electron chi connectivity index (χ2n) is 3.88. The fraction of sp³-hybridized carbons (Fsp3) is 1.00. The van der Waals surface area contributed by atoms with Gasteiger partial charge in [0.05, 0.1) is 6.10 Å². The maximum Gasteiger partial charge on any atom is 0.0563 e. The first-order valence-electron chi connectivity index (χ1n) is 5.51. The topological polar surface area (TPSA) is 40.5 Å². The molecular weight excluding hydrogens is 164 g/mol. The van der Waals surface area contributed by atoms with Crippen molar-refractivity contribution in [2.45, 2.75) is 58.5 Å². The van der Waals surface area contributed by atoms with Gasteiger partial charge in [-0.15, -0.1) is 0 Å². The van der Waals surface area contributed by atoms with Crippen LogP contribution in [0.15, 0.2) is 0 Å². The molecular formula is C11H24O2. The second kappa shape index (κ2) is 8.52. The summed E-state index contributed by atoms with van der Waals surface area (Å²) in [5.74, 6) is 0.430. The molecule has 0 heterocycles. The summed E-state index contributed by atoms with van der Waals surface area (Å²) in [6, 6.07) is 0. The van der Waals surface area contributed by atoms with E-state index in [4.69, 9.17) is 5.11 Å². The summed E-state index contributed by atoms with van der Waals surface area (Å²) in [6.07, 6.45) is 6.24. The highest BCUT2D eigenvalue weighted by Gasteiger charge is 2.10. The summed E-state index contributed by atoms with van der Waals surface area (Å²) < 4.78 is 0. The van der Waals surface area contributed by atoms with Gasteiger partial charge in [-0.05, 0) is 25.2 Å². The van der Waals surface area contributed by atoms with E-state index in [1.165, 1.54) is 12.8 Å². The lowest BCUT2D eigenvalue weighted by atomic mass is 9.96. The molecule has 0 bridgehead atoms. The summed E-state index contributed by atoms with van der Waals surface area (Å²) in [5, 5.41) is 18.1. The smallest absolute Gasteiger partial charge is 0.0563 e. The molecule has 2 atom stereocenters. The molecule has 0 saturated carbocycles.